The summed E-state index contributed by atoms with van der Waals surface area (Å²) in [7, 11) is 0. The van der Waals surface area contributed by atoms with E-state index < -0.39 is 0 Å². The van der Waals surface area contributed by atoms with Gasteiger partial charge in [0.1, 0.15) is 5.60 Å². The second kappa shape index (κ2) is 4.57. The molecular formula is C20H32O4. The first-order chi connectivity index (χ1) is 11.4. The Kier molecular flexibility index (Phi) is 3.05. The van der Waals surface area contributed by atoms with Gasteiger partial charge in [0.2, 0.25) is 0 Å². The zero-order valence-corrected chi connectivity index (χ0v) is 15.0. The Morgan fingerprint density at radius 1 is 1.04 bits per heavy atom. The summed E-state index contributed by atoms with van der Waals surface area (Å²) in [5.41, 5.74) is -0.376. The van der Waals surface area contributed by atoms with Gasteiger partial charge in [-0.05, 0) is 67.1 Å². The molecule has 0 aromatic heterocycles. The van der Waals surface area contributed by atoms with Crippen LogP contribution in [0, 0.1) is 34.0 Å². The molecule has 0 aromatic rings. The van der Waals surface area contributed by atoms with Crippen molar-refractivity contribution >= 4 is 0 Å². The maximum absolute atomic E-state index is 11.3. The number of ether oxygens (including phenoxy) is 1. The molecule has 5 rings (SSSR count). The first-order valence-corrected chi connectivity index (χ1v) is 9.95. The van der Waals surface area contributed by atoms with Crippen LogP contribution >= 0.6 is 0 Å². The number of epoxide rings is 1. The van der Waals surface area contributed by atoms with Crippen LogP contribution < -0.4 is 0 Å². The molecule has 4 heteroatoms. The lowest BCUT2D eigenvalue weighted by Gasteiger charge is -2.65. The molecule has 9 unspecified atom stereocenters. The Bertz CT molecular complexity index is 566. The quantitative estimate of drug-likeness (QED) is 0.675. The van der Waals surface area contributed by atoms with Crippen LogP contribution in [0.3, 0.4) is 0 Å². The molecule has 1 saturated heterocycles. The lowest BCUT2D eigenvalue weighted by Crippen LogP contribution is -2.63. The van der Waals surface area contributed by atoms with Crippen LogP contribution in [0.4, 0.5) is 0 Å². The van der Waals surface area contributed by atoms with E-state index >= 15 is 0 Å². The van der Waals surface area contributed by atoms with E-state index in [9.17, 15) is 15.3 Å². The van der Waals surface area contributed by atoms with Crippen molar-refractivity contribution in [3.8, 4) is 0 Å². The molecule has 4 aliphatic carbocycles. The highest BCUT2D eigenvalue weighted by Gasteiger charge is 2.82. The molecule has 4 nitrogen and oxygen atoms in total. The first kappa shape index (κ1) is 16.0. The smallest absolute Gasteiger partial charge is 0.121 e. The number of hydrogen-bond donors (Lipinski definition) is 3. The molecule has 0 aromatic carbocycles. The Balaban J connectivity index is 1.59. The number of hydrogen-bond acceptors (Lipinski definition) is 4. The average Bonchev–Trinajstić information content (AvgIpc) is 3.29. The molecule has 1 heterocycles. The van der Waals surface area contributed by atoms with Gasteiger partial charge < -0.3 is 20.1 Å². The van der Waals surface area contributed by atoms with Crippen molar-refractivity contribution in [3.63, 3.8) is 0 Å². The second-order valence-electron chi connectivity index (χ2n) is 10.2. The second-order valence-corrected chi connectivity index (χ2v) is 10.2. The molecule has 9 atom stereocenters. The number of aliphatic hydroxyl groups is 3. The summed E-state index contributed by atoms with van der Waals surface area (Å²) in [5.74, 6) is 1.27. The van der Waals surface area contributed by atoms with Crippen LogP contribution in [0.15, 0.2) is 0 Å². The fraction of sp³-hybridized carbons (Fsp3) is 1.00. The Morgan fingerprint density at radius 3 is 2.54 bits per heavy atom. The molecule has 5 fully saturated rings. The highest BCUT2D eigenvalue weighted by Crippen LogP contribution is 2.77. The standard InChI is InChI=1S/C20H32O4/c1-17(10-21)6-3-7-18(2)13-5-4-12-9-19(13,15(23)8-14(17)18)16-20(12,11-22)24-16/h12-16,21-23H,3-11H2,1-2H3. The summed E-state index contributed by atoms with van der Waals surface area (Å²) < 4.78 is 6.13. The van der Waals surface area contributed by atoms with E-state index in [0.29, 0.717) is 17.8 Å². The summed E-state index contributed by atoms with van der Waals surface area (Å²) in [4.78, 5) is 0. The molecule has 2 bridgehead atoms. The minimum atomic E-state index is -0.353. The van der Waals surface area contributed by atoms with Gasteiger partial charge in [-0.15, -0.1) is 0 Å². The fourth-order valence-corrected chi connectivity index (χ4v) is 8.43. The van der Waals surface area contributed by atoms with Crippen molar-refractivity contribution in [2.45, 2.75) is 76.6 Å². The van der Waals surface area contributed by atoms with Crippen molar-refractivity contribution in [2.75, 3.05) is 13.2 Å². The topological polar surface area (TPSA) is 73.2 Å². The largest absolute Gasteiger partial charge is 0.396 e. The molecule has 1 aliphatic heterocycles. The van der Waals surface area contributed by atoms with E-state index in [-0.39, 0.29) is 47.3 Å². The first-order valence-electron chi connectivity index (χ1n) is 9.95. The molecule has 24 heavy (non-hydrogen) atoms. The van der Waals surface area contributed by atoms with E-state index in [1.54, 1.807) is 0 Å². The van der Waals surface area contributed by atoms with Crippen molar-refractivity contribution in [3.05, 3.63) is 0 Å². The average molecular weight is 336 g/mol. The van der Waals surface area contributed by atoms with Gasteiger partial charge in [-0.1, -0.05) is 20.3 Å². The van der Waals surface area contributed by atoms with Crippen LogP contribution in [0.5, 0.6) is 0 Å². The van der Waals surface area contributed by atoms with Crippen LogP contribution in [0.2, 0.25) is 0 Å². The van der Waals surface area contributed by atoms with Crippen molar-refractivity contribution in [1.82, 2.24) is 0 Å². The predicted molar refractivity (Wildman–Crippen MR) is 89.2 cm³/mol. The lowest BCUT2D eigenvalue weighted by molar-refractivity contribution is -0.220. The summed E-state index contributed by atoms with van der Waals surface area (Å²) >= 11 is 0. The van der Waals surface area contributed by atoms with Crippen LogP contribution in [0.1, 0.15) is 58.8 Å². The van der Waals surface area contributed by atoms with Crippen LogP contribution in [-0.2, 0) is 4.74 Å². The summed E-state index contributed by atoms with van der Waals surface area (Å²) in [6, 6.07) is 0. The van der Waals surface area contributed by atoms with E-state index in [1.807, 2.05) is 0 Å². The number of rotatable bonds is 2. The normalized spacial score (nSPS) is 64.1. The van der Waals surface area contributed by atoms with Gasteiger partial charge in [0, 0.05) is 12.0 Å². The maximum Gasteiger partial charge on any atom is 0.121 e. The lowest BCUT2D eigenvalue weighted by atomic mass is 9.40. The minimum absolute atomic E-state index is 0.0579. The van der Waals surface area contributed by atoms with E-state index in [4.69, 9.17) is 4.74 Å². The zero-order valence-electron chi connectivity index (χ0n) is 15.0. The third-order valence-corrected chi connectivity index (χ3v) is 9.54. The Morgan fingerprint density at radius 2 is 1.83 bits per heavy atom. The molecule has 4 saturated carbocycles. The van der Waals surface area contributed by atoms with Crippen LogP contribution in [0.25, 0.3) is 0 Å². The third kappa shape index (κ3) is 1.53. The summed E-state index contributed by atoms with van der Waals surface area (Å²) in [6.45, 7) is 5.00. The highest BCUT2D eigenvalue weighted by atomic mass is 16.6. The van der Waals surface area contributed by atoms with Gasteiger partial charge in [0.25, 0.3) is 0 Å². The highest BCUT2D eigenvalue weighted by molar-refractivity contribution is 5.30. The van der Waals surface area contributed by atoms with Gasteiger partial charge in [-0.2, -0.15) is 0 Å². The van der Waals surface area contributed by atoms with Crippen molar-refractivity contribution in [2.24, 2.45) is 34.0 Å². The SMILES string of the molecule is CC1(CO)CCCC2(C)C1CC(O)C13CC(CCC21)C1(CO)OC13. The minimum Gasteiger partial charge on any atom is -0.396 e. The third-order valence-electron chi connectivity index (χ3n) is 9.54. The van der Waals surface area contributed by atoms with Gasteiger partial charge in [0.05, 0.1) is 18.8 Å². The monoisotopic (exact) mass is 336 g/mol. The maximum atomic E-state index is 11.3. The summed E-state index contributed by atoms with van der Waals surface area (Å²) in [6.07, 6.45) is 7.24. The van der Waals surface area contributed by atoms with Crippen LogP contribution in [-0.4, -0.2) is 46.3 Å². The van der Waals surface area contributed by atoms with E-state index in [1.165, 1.54) is 12.8 Å². The summed E-state index contributed by atoms with van der Waals surface area (Å²) in [5, 5.41) is 31.4. The number of fused-ring (bicyclic) bond motifs is 5. The molecule has 0 radical (unpaired) electrons. The fourth-order valence-electron chi connectivity index (χ4n) is 8.43. The van der Waals surface area contributed by atoms with Gasteiger partial charge in [-0.3, -0.25) is 0 Å². The van der Waals surface area contributed by atoms with Gasteiger partial charge in [0.15, 0.2) is 0 Å². The zero-order chi connectivity index (χ0) is 17.0. The predicted octanol–water partition coefficient (Wildman–Crippen LogP) is 2.10. The van der Waals surface area contributed by atoms with E-state index in [0.717, 1.165) is 32.1 Å². The van der Waals surface area contributed by atoms with Gasteiger partial charge in [-0.25, -0.2) is 0 Å². The van der Waals surface area contributed by atoms with Crippen molar-refractivity contribution < 1.29 is 20.1 Å². The molecule has 136 valence electrons. The van der Waals surface area contributed by atoms with Gasteiger partial charge >= 0.3 is 0 Å². The Labute approximate surface area is 144 Å². The molecule has 1 spiro atoms. The van der Waals surface area contributed by atoms with Crippen molar-refractivity contribution in [1.29, 1.82) is 0 Å². The molecule has 5 aliphatic rings. The molecular weight excluding hydrogens is 304 g/mol. The van der Waals surface area contributed by atoms with E-state index in [2.05, 4.69) is 13.8 Å². The number of aliphatic hydroxyl groups excluding tert-OH is 3. The molecule has 0 amide bonds. The molecule has 3 N–H and O–H groups in total. The Hall–Kier alpha value is -0.160.